The summed E-state index contributed by atoms with van der Waals surface area (Å²) in [5, 5.41) is 13.9. The number of piperidine rings is 1. The zero-order valence-electron chi connectivity index (χ0n) is 19.9. The molecule has 1 saturated heterocycles. The van der Waals surface area contributed by atoms with E-state index in [2.05, 4.69) is 22.3 Å². The molecule has 8 heteroatoms. The molecule has 0 bridgehead atoms. The molecule has 2 N–H and O–H groups in total. The molecule has 0 radical (unpaired) electrons. The quantitative estimate of drug-likeness (QED) is 0.589. The number of β-amino-alcohol motifs (C(OH)–C–C–N with tert-alkyl or cyclic N) is 1. The van der Waals surface area contributed by atoms with Gasteiger partial charge in [0.2, 0.25) is 5.91 Å². The van der Waals surface area contributed by atoms with Gasteiger partial charge in [-0.3, -0.25) is 14.5 Å². The second-order valence-corrected chi connectivity index (χ2v) is 9.71. The number of aliphatic hydroxyl groups is 1. The van der Waals surface area contributed by atoms with E-state index in [-0.39, 0.29) is 31.2 Å². The van der Waals surface area contributed by atoms with Crippen LogP contribution in [0.2, 0.25) is 0 Å². The van der Waals surface area contributed by atoms with Crippen LogP contribution in [-0.4, -0.2) is 71.9 Å². The molecule has 0 aliphatic carbocycles. The van der Waals surface area contributed by atoms with Crippen molar-refractivity contribution in [2.45, 2.75) is 49.9 Å². The molecular weight excluding hydrogens is 446 g/mol. The maximum Gasteiger partial charge on any atom is 0.255 e. The van der Waals surface area contributed by atoms with Crippen molar-refractivity contribution in [3.05, 3.63) is 64.7 Å². The summed E-state index contributed by atoms with van der Waals surface area (Å²) in [6.45, 7) is 2.79. The van der Waals surface area contributed by atoms with Crippen LogP contribution in [0.5, 0.6) is 5.75 Å². The van der Waals surface area contributed by atoms with Crippen molar-refractivity contribution in [2.75, 3.05) is 26.7 Å². The van der Waals surface area contributed by atoms with Crippen LogP contribution in [0.25, 0.3) is 0 Å². The minimum absolute atomic E-state index is 0.196. The molecule has 1 spiro atoms. The fourth-order valence-corrected chi connectivity index (χ4v) is 5.79. The molecule has 184 valence electrons. The molecule has 8 nitrogen and oxygen atoms in total. The van der Waals surface area contributed by atoms with Crippen LogP contribution in [0.3, 0.4) is 0 Å². The van der Waals surface area contributed by atoms with E-state index >= 15 is 0 Å². The van der Waals surface area contributed by atoms with Gasteiger partial charge < -0.3 is 24.9 Å². The summed E-state index contributed by atoms with van der Waals surface area (Å²) in [6.07, 6.45) is 1.39. The number of rotatable bonds is 7. The predicted octanol–water partition coefficient (Wildman–Crippen LogP) is 1.63. The molecule has 3 unspecified atom stereocenters. The van der Waals surface area contributed by atoms with Crippen LogP contribution in [0, 0.1) is 0 Å². The maximum absolute atomic E-state index is 13.2. The van der Waals surface area contributed by atoms with Crippen molar-refractivity contribution in [2.24, 2.45) is 0 Å². The predicted molar refractivity (Wildman–Crippen MR) is 129 cm³/mol. The second kappa shape index (κ2) is 9.43. The number of likely N-dealkylation sites (N-methyl/N-ethyl adjacent to an activating group) is 1. The monoisotopic (exact) mass is 477 g/mol. The average Bonchev–Trinajstić information content (AvgIpc) is 3.41. The van der Waals surface area contributed by atoms with Gasteiger partial charge in [-0.15, -0.1) is 0 Å². The fourth-order valence-electron chi connectivity index (χ4n) is 5.79. The molecular formula is C27H31N3O5. The summed E-state index contributed by atoms with van der Waals surface area (Å²) in [7, 11) is 1.53. The van der Waals surface area contributed by atoms with Crippen molar-refractivity contribution in [1.29, 1.82) is 0 Å². The van der Waals surface area contributed by atoms with Gasteiger partial charge in [-0.1, -0.05) is 36.4 Å². The normalized spacial score (nSPS) is 24.1. The minimum atomic E-state index is -0.720. The van der Waals surface area contributed by atoms with Crippen molar-refractivity contribution in [1.82, 2.24) is 15.1 Å². The van der Waals surface area contributed by atoms with Gasteiger partial charge in [0, 0.05) is 43.2 Å². The molecule has 3 heterocycles. The number of hydrogen-bond acceptors (Lipinski definition) is 6. The molecule has 3 aliphatic rings. The molecule has 0 aromatic heterocycles. The number of benzene rings is 2. The Morgan fingerprint density at radius 1 is 1.29 bits per heavy atom. The molecule has 2 amide bonds. The van der Waals surface area contributed by atoms with Gasteiger partial charge in [-0.05, 0) is 31.0 Å². The second-order valence-electron chi connectivity index (χ2n) is 9.71. The Morgan fingerprint density at radius 2 is 2.09 bits per heavy atom. The first-order chi connectivity index (χ1) is 17.0. The lowest BCUT2D eigenvalue weighted by molar-refractivity contribution is -0.125. The standard InChI is InChI=1S/C27H31N3O5/c1-28-25(33)22(8-5-13-31)30-15-20-19(26(30)34)9-10-21-24(20)35-17-27(21)11-12-29(16-23(27)32)14-18-6-3-2-4-7-18/h2-4,6-7,9-10,13,22-23,32H,5,8,11-12,14-17H2,1H3,(H,28,33). The van der Waals surface area contributed by atoms with Crippen molar-refractivity contribution < 1.29 is 24.2 Å². The van der Waals surface area contributed by atoms with E-state index in [4.69, 9.17) is 4.74 Å². The van der Waals surface area contributed by atoms with Crippen molar-refractivity contribution in [3.8, 4) is 5.75 Å². The van der Waals surface area contributed by atoms with Gasteiger partial charge in [0.25, 0.3) is 5.91 Å². The van der Waals surface area contributed by atoms with E-state index in [0.29, 0.717) is 24.5 Å². The Kier molecular flexibility index (Phi) is 6.34. The minimum Gasteiger partial charge on any atom is -0.492 e. The third kappa shape index (κ3) is 4.00. The number of carbonyl (C=O) groups is 3. The summed E-state index contributed by atoms with van der Waals surface area (Å²) < 4.78 is 6.19. The Labute approximate surface area is 204 Å². The number of aldehydes is 1. The smallest absolute Gasteiger partial charge is 0.255 e. The van der Waals surface area contributed by atoms with Gasteiger partial charge >= 0.3 is 0 Å². The first-order valence-electron chi connectivity index (χ1n) is 12.2. The zero-order chi connectivity index (χ0) is 24.6. The van der Waals surface area contributed by atoms with Crippen LogP contribution >= 0.6 is 0 Å². The molecule has 0 saturated carbocycles. The third-order valence-corrected chi connectivity index (χ3v) is 7.77. The highest BCUT2D eigenvalue weighted by Gasteiger charge is 2.51. The molecule has 1 fully saturated rings. The fraction of sp³-hybridized carbons (Fsp3) is 0.444. The van der Waals surface area contributed by atoms with Crippen molar-refractivity contribution in [3.63, 3.8) is 0 Å². The zero-order valence-corrected chi connectivity index (χ0v) is 19.9. The highest BCUT2D eigenvalue weighted by Crippen LogP contribution is 2.49. The highest BCUT2D eigenvalue weighted by molar-refractivity contribution is 6.02. The Balaban J connectivity index is 1.38. The number of ether oxygens (including phenoxy) is 1. The maximum atomic E-state index is 13.2. The number of carbonyl (C=O) groups excluding carboxylic acids is 3. The Morgan fingerprint density at radius 3 is 2.80 bits per heavy atom. The van der Waals surface area contributed by atoms with E-state index in [1.165, 1.54) is 17.5 Å². The van der Waals surface area contributed by atoms with Crippen molar-refractivity contribution >= 4 is 18.1 Å². The SMILES string of the molecule is CNC(=O)C(CCC=O)N1Cc2c(ccc3c2OCC32CCN(Cc3ccccc3)CC2O)C1=O. The molecule has 35 heavy (non-hydrogen) atoms. The summed E-state index contributed by atoms with van der Waals surface area (Å²) in [5.74, 6) is 0.147. The molecule has 5 rings (SSSR count). The van der Waals surface area contributed by atoms with Crippen LogP contribution in [0.4, 0.5) is 0 Å². The van der Waals surface area contributed by atoms with E-state index in [1.807, 2.05) is 24.3 Å². The lowest BCUT2D eigenvalue weighted by Gasteiger charge is -2.42. The van der Waals surface area contributed by atoms with Gasteiger partial charge in [-0.2, -0.15) is 0 Å². The first kappa shape index (κ1) is 23.5. The van der Waals surface area contributed by atoms with E-state index < -0.39 is 17.6 Å². The van der Waals surface area contributed by atoms with Gasteiger partial charge in [0.05, 0.1) is 18.1 Å². The topological polar surface area (TPSA) is 99.2 Å². The van der Waals surface area contributed by atoms with Gasteiger partial charge in [0.15, 0.2) is 0 Å². The van der Waals surface area contributed by atoms with E-state index in [0.717, 1.165) is 36.9 Å². The number of aliphatic hydroxyl groups excluding tert-OH is 1. The number of nitrogens with zero attached hydrogens (tertiary/aromatic N) is 2. The Bertz CT molecular complexity index is 1140. The van der Waals surface area contributed by atoms with Crippen LogP contribution in [-0.2, 0) is 28.1 Å². The number of fused-ring (bicyclic) bond motifs is 4. The average molecular weight is 478 g/mol. The number of hydrogen-bond donors (Lipinski definition) is 2. The molecule has 2 aromatic carbocycles. The summed E-state index contributed by atoms with van der Waals surface area (Å²) in [4.78, 5) is 40.4. The first-order valence-corrected chi connectivity index (χ1v) is 12.2. The Hall–Kier alpha value is -3.23. The lowest BCUT2D eigenvalue weighted by atomic mass is 9.71. The van der Waals surface area contributed by atoms with E-state index in [9.17, 15) is 19.5 Å². The highest BCUT2D eigenvalue weighted by atomic mass is 16.5. The molecule has 2 aromatic rings. The lowest BCUT2D eigenvalue weighted by Crippen LogP contribution is -2.54. The molecule has 3 atom stereocenters. The summed E-state index contributed by atoms with van der Waals surface area (Å²) in [6, 6.07) is 13.2. The number of likely N-dealkylation sites (tertiary alicyclic amines) is 1. The summed E-state index contributed by atoms with van der Waals surface area (Å²) in [5.41, 5.74) is 2.95. The summed E-state index contributed by atoms with van der Waals surface area (Å²) >= 11 is 0. The number of nitrogens with one attached hydrogen (secondary N) is 1. The van der Waals surface area contributed by atoms with Gasteiger partial charge in [0.1, 0.15) is 24.7 Å². The van der Waals surface area contributed by atoms with E-state index in [1.54, 1.807) is 6.07 Å². The van der Waals surface area contributed by atoms with Gasteiger partial charge in [-0.25, -0.2) is 0 Å². The number of amides is 2. The van der Waals surface area contributed by atoms with Crippen LogP contribution < -0.4 is 10.1 Å². The third-order valence-electron chi connectivity index (χ3n) is 7.77. The van der Waals surface area contributed by atoms with Crippen LogP contribution in [0.1, 0.15) is 46.3 Å². The molecule has 3 aliphatic heterocycles. The largest absolute Gasteiger partial charge is 0.492 e. The van der Waals surface area contributed by atoms with Crippen LogP contribution in [0.15, 0.2) is 42.5 Å².